The molecule has 8 heteroatoms. The third kappa shape index (κ3) is 5.25. The van der Waals surface area contributed by atoms with Gasteiger partial charge in [0.25, 0.3) is 5.91 Å². The molecule has 0 bridgehead atoms. The van der Waals surface area contributed by atoms with Crippen LogP contribution in [0.3, 0.4) is 0 Å². The van der Waals surface area contributed by atoms with Gasteiger partial charge in [-0.1, -0.05) is 13.8 Å². The van der Waals surface area contributed by atoms with Crippen LogP contribution in [0.4, 0.5) is 5.95 Å². The van der Waals surface area contributed by atoms with Crippen LogP contribution in [0, 0.1) is 11.8 Å². The first-order valence-electron chi connectivity index (χ1n) is 6.58. The number of aliphatic carboxylic acids is 1. The summed E-state index contributed by atoms with van der Waals surface area (Å²) in [6, 6.07) is 0. The second kappa shape index (κ2) is 7.46. The maximum Gasteiger partial charge on any atom is 0.303 e. The molecule has 5 N–H and O–H groups in total. The molecule has 0 radical (unpaired) electrons. The van der Waals surface area contributed by atoms with Gasteiger partial charge in [-0.3, -0.25) is 14.7 Å². The number of nitrogens with one attached hydrogen (secondary N) is 2. The zero-order valence-electron chi connectivity index (χ0n) is 11.7. The number of carboxylic acids is 1. The number of anilines is 1. The number of carbonyl (C=O) groups is 2. The zero-order valence-corrected chi connectivity index (χ0v) is 11.7. The summed E-state index contributed by atoms with van der Waals surface area (Å²) in [5.74, 6) is -0.434. The molecule has 112 valence electrons. The van der Waals surface area contributed by atoms with Gasteiger partial charge in [0.1, 0.15) is 0 Å². The molecule has 0 aliphatic heterocycles. The molecule has 1 rings (SSSR count). The summed E-state index contributed by atoms with van der Waals surface area (Å²) in [7, 11) is 0. The number of aromatic amines is 1. The molecule has 0 fully saturated rings. The van der Waals surface area contributed by atoms with Crippen molar-refractivity contribution in [3.8, 4) is 0 Å². The van der Waals surface area contributed by atoms with Crippen molar-refractivity contribution in [3.63, 3.8) is 0 Å². The average Bonchev–Trinajstić information content (AvgIpc) is 2.79. The normalized spacial score (nSPS) is 12.3. The summed E-state index contributed by atoms with van der Waals surface area (Å²) in [6.45, 7) is 4.55. The number of carbonyl (C=O) groups excluding carboxylic acids is 1. The van der Waals surface area contributed by atoms with E-state index < -0.39 is 5.97 Å². The Morgan fingerprint density at radius 3 is 2.60 bits per heavy atom. The number of rotatable bonds is 8. The monoisotopic (exact) mass is 283 g/mol. The molecular weight excluding hydrogens is 262 g/mol. The van der Waals surface area contributed by atoms with Crippen LogP contribution in [0.15, 0.2) is 0 Å². The van der Waals surface area contributed by atoms with Gasteiger partial charge >= 0.3 is 5.97 Å². The predicted octanol–water partition coefficient (Wildman–Crippen LogP) is 0.644. The number of hydrogen-bond acceptors (Lipinski definition) is 5. The van der Waals surface area contributed by atoms with Crippen LogP contribution < -0.4 is 11.1 Å². The lowest BCUT2D eigenvalue weighted by atomic mass is 9.88. The Labute approximate surface area is 117 Å². The number of carboxylic acid groups (broad SMARTS) is 1. The summed E-state index contributed by atoms with van der Waals surface area (Å²) in [5.41, 5.74) is 5.31. The molecule has 20 heavy (non-hydrogen) atoms. The van der Waals surface area contributed by atoms with Crippen LogP contribution in [0.1, 0.15) is 43.7 Å². The third-order valence-electron chi connectivity index (χ3n) is 3.19. The Balaban J connectivity index is 2.36. The van der Waals surface area contributed by atoms with Crippen molar-refractivity contribution < 1.29 is 14.7 Å². The fraction of sp³-hybridized carbons (Fsp3) is 0.667. The molecule has 0 saturated carbocycles. The summed E-state index contributed by atoms with van der Waals surface area (Å²) < 4.78 is 0. The van der Waals surface area contributed by atoms with Crippen molar-refractivity contribution in [1.29, 1.82) is 0 Å². The molecule has 1 aromatic rings. The maximum atomic E-state index is 11.7. The highest BCUT2D eigenvalue weighted by Crippen LogP contribution is 2.20. The highest BCUT2D eigenvalue weighted by molar-refractivity contribution is 5.90. The molecule has 1 heterocycles. The molecular formula is C12H21N5O3. The highest BCUT2D eigenvalue weighted by atomic mass is 16.4. The Morgan fingerprint density at radius 2 is 2.10 bits per heavy atom. The lowest BCUT2D eigenvalue weighted by molar-refractivity contribution is -0.137. The van der Waals surface area contributed by atoms with Crippen LogP contribution in [0.5, 0.6) is 0 Å². The van der Waals surface area contributed by atoms with Crippen molar-refractivity contribution in [2.45, 2.75) is 33.1 Å². The van der Waals surface area contributed by atoms with E-state index in [9.17, 15) is 9.59 Å². The van der Waals surface area contributed by atoms with Gasteiger partial charge in [-0.15, -0.1) is 5.10 Å². The van der Waals surface area contributed by atoms with Crippen LogP contribution in [-0.2, 0) is 4.79 Å². The molecule has 0 aliphatic rings. The minimum absolute atomic E-state index is 0.0247. The SMILES string of the molecule is CC(C)C(CCNC(=O)c1nc(N)n[nH]1)CCC(=O)O. The molecule has 0 saturated heterocycles. The van der Waals surface area contributed by atoms with Crippen molar-refractivity contribution in [3.05, 3.63) is 5.82 Å². The number of hydrogen-bond donors (Lipinski definition) is 4. The van der Waals surface area contributed by atoms with Gasteiger partial charge in [0.15, 0.2) is 0 Å². The smallest absolute Gasteiger partial charge is 0.303 e. The predicted molar refractivity (Wildman–Crippen MR) is 72.9 cm³/mol. The molecule has 8 nitrogen and oxygen atoms in total. The first-order valence-corrected chi connectivity index (χ1v) is 6.58. The summed E-state index contributed by atoms with van der Waals surface area (Å²) in [5, 5.41) is 17.4. The van der Waals surface area contributed by atoms with Crippen molar-refractivity contribution in [2.24, 2.45) is 11.8 Å². The van der Waals surface area contributed by atoms with Crippen molar-refractivity contribution in [1.82, 2.24) is 20.5 Å². The van der Waals surface area contributed by atoms with Gasteiger partial charge in [0.2, 0.25) is 11.8 Å². The fourth-order valence-electron chi connectivity index (χ4n) is 1.95. The number of amides is 1. The average molecular weight is 283 g/mol. The molecule has 0 spiro atoms. The van der Waals surface area contributed by atoms with E-state index in [-0.39, 0.29) is 30.0 Å². The number of nitrogens with two attached hydrogens (primary N) is 1. The maximum absolute atomic E-state index is 11.7. The Kier molecular flexibility index (Phi) is 5.95. The lowest BCUT2D eigenvalue weighted by Crippen LogP contribution is -2.28. The summed E-state index contributed by atoms with van der Waals surface area (Å²) in [6.07, 6.45) is 1.48. The first kappa shape index (κ1) is 15.9. The molecule has 0 aromatic carbocycles. The van der Waals surface area contributed by atoms with E-state index in [2.05, 4.69) is 20.5 Å². The van der Waals surface area contributed by atoms with E-state index >= 15 is 0 Å². The quantitative estimate of drug-likeness (QED) is 0.553. The zero-order chi connectivity index (χ0) is 15.1. The van der Waals surface area contributed by atoms with Gasteiger partial charge in [-0.2, -0.15) is 4.98 Å². The fourth-order valence-corrected chi connectivity index (χ4v) is 1.95. The van der Waals surface area contributed by atoms with Gasteiger partial charge in [-0.05, 0) is 24.7 Å². The van der Waals surface area contributed by atoms with E-state index in [1.54, 1.807) is 0 Å². The van der Waals surface area contributed by atoms with Crippen molar-refractivity contribution >= 4 is 17.8 Å². The number of nitrogens with zero attached hydrogens (tertiary/aromatic N) is 2. The molecule has 1 amide bonds. The van der Waals surface area contributed by atoms with E-state index in [4.69, 9.17) is 10.8 Å². The summed E-state index contributed by atoms with van der Waals surface area (Å²) in [4.78, 5) is 26.0. The number of nitrogen functional groups attached to an aromatic ring is 1. The topological polar surface area (TPSA) is 134 Å². The van der Waals surface area contributed by atoms with Crippen LogP contribution in [-0.4, -0.2) is 38.7 Å². The molecule has 1 aromatic heterocycles. The van der Waals surface area contributed by atoms with E-state index in [1.807, 2.05) is 13.8 Å². The lowest BCUT2D eigenvalue weighted by Gasteiger charge is -2.20. The van der Waals surface area contributed by atoms with Gasteiger partial charge < -0.3 is 16.2 Å². The van der Waals surface area contributed by atoms with Crippen LogP contribution in [0.25, 0.3) is 0 Å². The van der Waals surface area contributed by atoms with Crippen LogP contribution >= 0.6 is 0 Å². The molecule has 1 atom stereocenters. The number of aromatic nitrogens is 3. The van der Waals surface area contributed by atoms with Crippen LogP contribution in [0.2, 0.25) is 0 Å². The molecule has 0 aliphatic carbocycles. The van der Waals surface area contributed by atoms with Gasteiger partial charge in [0.05, 0.1) is 0 Å². The standard InChI is InChI=1S/C12H21N5O3/c1-7(2)8(3-4-9(18)19)5-6-14-11(20)10-15-12(13)17-16-10/h7-8H,3-6H2,1-2H3,(H,14,20)(H,18,19)(H3,13,15,16,17). The van der Waals surface area contributed by atoms with Gasteiger partial charge in [0, 0.05) is 13.0 Å². The minimum atomic E-state index is -0.795. The summed E-state index contributed by atoms with van der Waals surface area (Å²) >= 11 is 0. The van der Waals surface area contributed by atoms with E-state index in [0.717, 1.165) is 6.42 Å². The van der Waals surface area contributed by atoms with E-state index in [0.29, 0.717) is 18.9 Å². The second-order valence-electron chi connectivity index (χ2n) is 5.02. The Bertz CT molecular complexity index is 458. The molecule has 1 unspecified atom stereocenters. The van der Waals surface area contributed by atoms with E-state index in [1.165, 1.54) is 0 Å². The third-order valence-corrected chi connectivity index (χ3v) is 3.19. The minimum Gasteiger partial charge on any atom is -0.481 e. The van der Waals surface area contributed by atoms with Crippen molar-refractivity contribution in [2.75, 3.05) is 12.3 Å². The van der Waals surface area contributed by atoms with Gasteiger partial charge in [-0.25, -0.2) is 0 Å². The highest BCUT2D eigenvalue weighted by Gasteiger charge is 2.16. The Morgan fingerprint density at radius 1 is 1.40 bits per heavy atom. The largest absolute Gasteiger partial charge is 0.481 e. The Hall–Kier alpha value is -2.12. The first-order chi connectivity index (χ1) is 9.40. The number of H-pyrrole nitrogens is 1. The second-order valence-corrected chi connectivity index (χ2v) is 5.02.